The van der Waals surface area contributed by atoms with Gasteiger partial charge in [-0.25, -0.2) is 14.8 Å². The van der Waals surface area contributed by atoms with Gasteiger partial charge in [-0.2, -0.15) is 0 Å². The van der Waals surface area contributed by atoms with Gasteiger partial charge in [0.25, 0.3) is 0 Å². The van der Waals surface area contributed by atoms with Crippen LogP contribution in [0.5, 0.6) is 0 Å². The molecule has 0 saturated heterocycles. The fourth-order valence-electron chi connectivity index (χ4n) is 5.17. The maximum absolute atomic E-state index is 11.8. The van der Waals surface area contributed by atoms with E-state index in [4.69, 9.17) is 86.2 Å². The van der Waals surface area contributed by atoms with E-state index in [2.05, 4.69) is 40.3 Å². The summed E-state index contributed by atoms with van der Waals surface area (Å²) in [5, 5.41) is 18.8. The second-order valence-corrected chi connectivity index (χ2v) is 18.0. The first-order valence-corrected chi connectivity index (χ1v) is 21.7. The van der Waals surface area contributed by atoms with Crippen molar-refractivity contribution in [2.75, 3.05) is 18.2 Å². The van der Waals surface area contributed by atoms with E-state index >= 15 is 0 Å². The quantitative estimate of drug-likeness (QED) is 0.0465. The van der Waals surface area contributed by atoms with E-state index in [9.17, 15) is 14.4 Å². The molecule has 0 aliphatic carbocycles. The maximum atomic E-state index is 11.8. The number of benzene rings is 3. The lowest BCUT2D eigenvalue weighted by Crippen LogP contribution is -2.27. The van der Waals surface area contributed by atoms with E-state index in [1.165, 1.54) is 22.7 Å². The summed E-state index contributed by atoms with van der Waals surface area (Å²) in [6, 6.07) is 16.7. The van der Waals surface area contributed by atoms with Crippen molar-refractivity contribution >= 4 is 154 Å². The number of carbonyl (C=O) groups excluding carboxylic acids is 3. The number of nitrogen functional groups attached to an aromatic ring is 1. The third-order valence-electron chi connectivity index (χ3n) is 7.72. The number of anilines is 2. The highest BCUT2D eigenvalue weighted by molar-refractivity contribution is 7.15. The van der Waals surface area contributed by atoms with Gasteiger partial charge in [-0.3, -0.25) is 14.9 Å². The molecule has 0 aliphatic rings. The lowest BCUT2D eigenvalue weighted by Gasteiger charge is -2.08. The van der Waals surface area contributed by atoms with Crippen molar-refractivity contribution in [2.24, 2.45) is 5.73 Å². The lowest BCUT2D eigenvalue weighted by molar-refractivity contribution is -0.141. The zero-order valence-electron chi connectivity index (χ0n) is 33.3. The van der Waals surface area contributed by atoms with Gasteiger partial charge in [0.2, 0.25) is 0 Å². The Morgan fingerprint density at radius 2 is 1.27 bits per heavy atom. The molecule has 0 bridgehead atoms. The third kappa shape index (κ3) is 17.5. The number of aromatic nitrogens is 5. The maximum Gasteiger partial charge on any atom is 0.340 e. The molecule has 63 heavy (non-hydrogen) atoms. The van der Waals surface area contributed by atoms with Gasteiger partial charge in [-0.05, 0) is 78.0 Å². The number of hydrogen-bond donors (Lipinski definition) is 8. The number of ether oxygens (including phenoxy) is 1. The standard InChI is InChI=1S/C14H13ClN4OS.C9H9ClN2.C9H6ClNO.C4H6N2S.C3H3Cl3O2.CH4O.CH4/c1-8-5-18-14(21-8)19-13(20)17-7-9-6-16-12-10(9)3-2-4-11(12)15;10-8-3-1-2-7-6(4-11)5-12-9(7)8;10-8-3-1-2-7-6(5-12)4-11-9(7)8;1-3-2-6-4(5)7-3;1-2(7)8-3(4,5)6;1-2;/h2-6,16H,7H2,1H3,(H2,17,18,19,20);1-3,5,12H,4,11H2;1-5,11H;2H,1H3,(H2,5,6);1H3;2H,1H3;1H4. The number of aldehydes is 1. The van der Waals surface area contributed by atoms with Crippen molar-refractivity contribution in [2.45, 2.75) is 45.3 Å². The van der Waals surface area contributed by atoms with Crippen LogP contribution >= 0.6 is 92.3 Å². The summed E-state index contributed by atoms with van der Waals surface area (Å²) in [6.45, 7) is 6.03. The largest absolute Gasteiger partial charge is 0.415 e. The summed E-state index contributed by atoms with van der Waals surface area (Å²) in [4.78, 5) is 51.6. The van der Waals surface area contributed by atoms with Gasteiger partial charge in [-0.15, -0.1) is 22.7 Å². The van der Waals surface area contributed by atoms with Gasteiger partial charge in [0.15, 0.2) is 16.5 Å². The van der Waals surface area contributed by atoms with Crippen LogP contribution in [-0.4, -0.2) is 59.4 Å². The minimum Gasteiger partial charge on any atom is -0.415 e. The third-order valence-corrected chi connectivity index (χ3v) is 10.5. The van der Waals surface area contributed by atoms with Crippen LogP contribution in [0, 0.1) is 13.8 Å². The summed E-state index contributed by atoms with van der Waals surface area (Å²) in [5.74, 6) is -0.620. The summed E-state index contributed by atoms with van der Waals surface area (Å²) in [6.07, 6.45) is 9.71. The van der Waals surface area contributed by atoms with E-state index in [0.29, 0.717) is 39.0 Å². The molecule has 0 fully saturated rings. The SMILES string of the molecule is C.CC(=O)OC(Cl)(Cl)Cl.CO.Cc1cnc(N)s1.Cc1cnc(NC(=O)NCc2c[nH]c3c(Cl)cccc23)s1.NCc1c[nH]c2c(Cl)cccc12.O=Cc1c[nH]c2c(Cl)cccc12. The molecule has 338 valence electrons. The van der Waals surface area contributed by atoms with Crippen LogP contribution in [0.1, 0.15) is 45.6 Å². The molecule has 5 heterocycles. The van der Waals surface area contributed by atoms with Crippen LogP contribution in [0.2, 0.25) is 15.1 Å². The van der Waals surface area contributed by atoms with Crippen LogP contribution in [0.3, 0.4) is 0 Å². The van der Waals surface area contributed by atoms with Crippen LogP contribution in [-0.2, 0) is 22.6 Å². The first-order valence-electron chi connectivity index (χ1n) is 17.8. The first kappa shape index (κ1) is 54.5. The Hall–Kier alpha value is -4.59. The lowest BCUT2D eigenvalue weighted by atomic mass is 10.2. The van der Waals surface area contributed by atoms with E-state index in [-0.39, 0.29) is 13.5 Å². The molecule has 0 radical (unpaired) electrons. The number of esters is 1. The number of urea groups is 1. The topological polar surface area (TPSA) is 230 Å². The zero-order chi connectivity index (χ0) is 46.0. The number of halogens is 6. The molecule has 2 amide bonds. The highest BCUT2D eigenvalue weighted by Crippen LogP contribution is 2.28. The van der Waals surface area contributed by atoms with Crippen molar-refractivity contribution in [1.82, 2.24) is 30.2 Å². The molecular formula is C41H45Cl6N9O5S2. The Morgan fingerprint density at radius 1 is 0.794 bits per heavy atom. The molecule has 14 nitrogen and oxygen atoms in total. The summed E-state index contributed by atoms with van der Waals surface area (Å²) >= 11 is 35.9. The summed E-state index contributed by atoms with van der Waals surface area (Å²) in [5.41, 5.74) is 16.2. The number of aryl methyl sites for hydroxylation is 2. The second-order valence-electron chi connectivity index (χ2n) is 12.1. The molecule has 5 aromatic heterocycles. The van der Waals surface area contributed by atoms with Gasteiger partial charge < -0.3 is 41.6 Å². The number of fused-ring (bicyclic) bond motifs is 3. The van der Waals surface area contributed by atoms with Crippen molar-refractivity contribution in [1.29, 1.82) is 0 Å². The minimum atomic E-state index is -1.91. The number of nitrogens with zero attached hydrogens (tertiary/aromatic N) is 2. The number of para-hydroxylation sites is 3. The fourth-order valence-corrected chi connectivity index (χ4v) is 7.38. The number of amides is 2. The molecule has 22 heteroatoms. The molecule has 0 atom stereocenters. The number of thiazole rings is 2. The molecule has 3 aromatic carbocycles. The smallest absolute Gasteiger partial charge is 0.340 e. The van der Waals surface area contributed by atoms with E-state index in [1.807, 2.05) is 74.8 Å². The predicted molar refractivity (Wildman–Crippen MR) is 264 cm³/mol. The predicted octanol–water partition coefficient (Wildman–Crippen LogP) is 12.0. The van der Waals surface area contributed by atoms with Gasteiger partial charge in [0.1, 0.15) is 0 Å². The molecule has 0 saturated carbocycles. The number of aliphatic hydroxyl groups is 1. The van der Waals surface area contributed by atoms with Crippen LogP contribution in [0.15, 0.2) is 85.6 Å². The zero-order valence-corrected chi connectivity index (χ0v) is 39.5. The Kier molecular flexibility index (Phi) is 23.3. The van der Waals surface area contributed by atoms with Crippen molar-refractivity contribution in [3.8, 4) is 0 Å². The minimum absolute atomic E-state index is 0. The van der Waals surface area contributed by atoms with Gasteiger partial charge in [-0.1, -0.05) is 78.6 Å². The number of aromatic amines is 3. The van der Waals surface area contributed by atoms with Crippen LogP contribution in [0.4, 0.5) is 15.1 Å². The van der Waals surface area contributed by atoms with Crippen molar-refractivity contribution in [3.63, 3.8) is 0 Å². The van der Waals surface area contributed by atoms with E-state index in [1.54, 1.807) is 24.7 Å². The molecular weight excluding hydrogens is 975 g/mol. The Morgan fingerprint density at radius 3 is 1.68 bits per heavy atom. The fraction of sp³-hybridized carbons (Fsp3) is 0.195. The average molecular weight is 1020 g/mol. The molecule has 8 aromatic rings. The van der Waals surface area contributed by atoms with Gasteiger partial charge >= 0.3 is 16.0 Å². The van der Waals surface area contributed by atoms with Gasteiger partial charge in [0.05, 0.1) is 31.6 Å². The molecule has 0 unspecified atom stereocenters. The van der Waals surface area contributed by atoms with Crippen LogP contribution in [0.25, 0.3) is 32.7 Å². The monoisotopic (exact) mass is 1020 g/mol. The van der Waals surface area contributed by atoms with Crippen molar-refractivity contribution in [3.05, 3.63) is 127 Å². The number of carbonyl (C=O) groups is 3. The summed E-state index contributed by atoms with van der Waals surface area (Å²) in [7, 11) is 1.00. The molecule has 0 aliphatic heterocycles. The number of hydrogen-bond acceptors (Lipinski definition) is 11. The molecule has 10 N–H and O–H groups in total. The van der Waals surface area contributed by atoms with Crippen LogP contribution < -0.4 is 22.1 Å². The van der Waals surface area contributed by atoms with E-state index < -0.39 is 9.95 Å². The molecule has 0 spiro atoms. The highest BCUT2D eigenvalue weighted by Gasteiger charge is 2.22. The number of nitrogens with one attached hydrogen (secondary N) is 5. The number of aliphatic hydroxyl groups excluding tert-OH is 1. The first-order chi connectivity index (χ1) is 29.5. The average Bonchev–Trinajstić information content (AvgIpc) is 4.08. The number of alkyl halides is 3. The van der Waals surface area contributed by atoms with Crippen molar-refractivity contribution < 1.29 is 24.2 Å². The van der Waals surface area contributed by atoms with Gasteiger partial charge in [0, 0.05) is 89.6 Å². The number of nitrogens with two attached hydrogens (primary N) is 2. The van der Waals surface area contributed by atoms with E-state index in [0.717, 1.165) is 78.9 Å². The normalized spacial score (nSPS) is 10.2. The Bertz CT molecular complexity index is 2660. The molecule has 8 rings (SSSR count). The Balaban J connectivity index is 0.000000283. The number of rotatable bonds is 5. The second kappa shape index (κ2) is 26.9. The Labute approximate surface area is 401 Å². The summed E-state index contributed by atoms with van der Waals surface area (Å²) < 4.78 is 2.18. The highest BCUT2D eigenvalue weighted by atomic mass is 35.6. The number of H-pyrrole nitrogens is 3.